The van der Waals surface area contributed by atoms with E-state index in [0.29, 0.717) is 22.0 Å². The van der Waals surface area contributed by atoms with Crippen molar-refractivity contribution in [2.75, 3.05) is 10.2 Å². The van der Waals surface area contributed by atoms with Crippen molar-refractivity contribution in [3.05, 3.63) is 87.4 Å². The third kappa shape index (κ3) is 4.93. The molecular formula is C25H20Cl2N2O3S. The Bertz CT molecular complexity index is 1240. The van der Waals surface area contributed by atoms with Gasteiger partial charge < -0.3 is 5.32 Å². The van der Waals surface area contributed by atoms with E-state index in [2.05, 4.69) is 5.32 Å². The summed E-state index contributed by atoms with van der Waals surface area (Å²) in [7, 11) is 0. The van der Waals surface area contributed by atoms with Crippen molar-refractivity contribution >= 4 is 64.1 Å². The highest BCUT2D eigenvalue weighted by molar-refractivity contribution is 8.00. The monoisotopic (exact) mass is 498 g/mol. The van der Waals surface area contributed by atoms with Crippen molar-refractivity contribution in [3.8, 4) is 0 Å². The molecule has 1 atom stereocenters. The number of amides is 3. The normalized spacial score (nSPS) is 15.8. The Labute approximate surface area is 206 Å². The predicted molar refractivity (Wildman–Crippen MR) is 134 cm³/mol. The Morgan fingerprint density at radius 3 is 2.30 bits per heavy atom. The van der Waals surface area contributed by atoms with Gasteiger partial charge in [-0.1, -0.05) is 41.4 Å². The number of aryl methyl sites for hydroxylation is 2. The molecule has 33 heavy (non-hydrogen) atoms. The number of imide groups is 1. The summed E-state index contributed by atoms with van der Waals surface area (Å²) in [6.07, 6.45) is 0.144. The topological polar surface area (TPSA) is 66.5 Å². The zero-order chi connectivity index (χ0) is 23.7. The molecule has 1 N–H and O–H groups in total. The van der Waals surface area contributed by atoms with Gasteiger partial charge in [-0.05, 0) is 67.4 Å². The van der Waals surface area contributed by atoms with Crippen LogP contribution in [0.15, 0.2) is 65.6 Å². The molecule has 3 aromatic carbocycles. The van der Waals surface area contributed by atoms with Gasteiger partial charge in [-0.2, -0.15) is 0 Å². The zero-order valence-corrected chi connectivity index (χ0v) is 20.2. The zero-order valence-electron chi connectivity index (χ0n) is 17.9. The smallest absolute Gasteiger partial charge is 0.257 e. The van der Waals surface area contributed by atoms with Crippen LogP contribution >= 0.6 is 35.0 Å². The maximum atomic E-state index is 13.1. The van der Waals surface area contributed by atoms with Crippen molar-refractivity contribution in [1.29, 1.82) is 0 Å². The Morgan fingerprint density at radius 1 is 1.00 bits per heavy atom. The van der Waals surface area contributed by atoms with Gasteiger partial charge in [-0.25, -0.2) is 4.90 Å². The fourth-order valence-electron chi connectivity index (χ4n) is 3.74. The fourth-order valence-corrected chi connectivity index (χ4v) is 5.29. The molecule has 0 aromatic heterocycles. The molecule has 1 saturated heterocycles. The highest BCUT2D eigenvalue weighted by Crippen LogP contribution is 2.36. The summed E-state index contributed by atoms with van der Waals surface area (Å²) < 4.78 is 0. The number of para-hydroxylation sites is 1. The number of halogens is 2. The molecule has 1 unspecified atom stereocenters. The molecule has 1 aliphatic heterocycles. The molecule has 0 saturated carbocycles. The highest BCUT2D eigenvalue weighted by atomic mass is 35.5. The second kappa shape index (κ2) is 9.59. The van der Waals surface area contributed by atoms with E-state index in [4.69, 9.17) is 23.2 Å². The van der Waals surface area contributed by atoms with E-state index >= 15 is 0 Å². The third-order valence-corrected chi connectivity index (χ3v) is 7.08. The van der Waals surface area contributed by atoms with Crippen LogP contribution in [0.2, 0.25) is 10.0 Å². The molecule has 5 nitrogen and oxygen atoms in total. The summed E-state index contributed by atoms with van der Waals surface area (Å²) >= 11 is 13.3. The predicted octanol–water partition coefficient (Wildman–Crippen LogP) is 6.29. The lowest BCUT2D eigenvalue weighted by molar-refractivity contribution is -0.121. The van der Waals surface area contributed by atoms with Crippen molar-refractivity contribution in [2.24, 2.45) is 0 Å². The van der Waals surface area contributed by atoms with Gasteiger partial charge in [0.1, 0.15) is 0 Å². The molecule has 1 fully saturated rings. The van der Waals surface area contributed by atoms with Crippen molar-refractivity contribution in [1.82, 2.24) is 0 Å². The van der Waals surface area contributed by atoms with Crippen molar-refractivity contribution < 1.29 is 14.4 Å². The number of hydrogen-bond donors (Lipinski definition) is 1. The van der Waals surface area contributed by atoms with Crippen LogP contribution in [0.1, 0.15) is 27.9 Å². The minimum Gasteiger partial charge on any atom is -0.322 e. The van der Waals surface area contributed by atoms with Crippen LogP contribution in [0.4, 0.5) is 11.4 Å². The average molecular weight is 499 g/mol. The quantitative estimate of drug-likeness (QED) is 0.420. The number of hydrogen-bond acceptors (Lipinski definition) is 4. The van der Waals surface area contributed by atoms with Crippen LogP contribution in [0.25, 0.3) is 0 Å². The first-order valence-corrected chi connectivity index (χ1v) is 11.8. The molecule has 1 heterocycles. The average Bonchev–Trinajstić information content (AvgIpc) is 3.02. The van der Waals surface area contributed by atoms with Crippen molar-refractivity contribution in [3.63, 3.8) is 0 Å². The number of carbonyl (C=O) groups is 3. The van der Waals surface area contributed by atoms with Gasteiger partial charge >= 0.3 is 0 Å². The second-order valence-corrected chi connectivity index (χ2v) is 9.84. The Kier molecular flexibility index (Phi) is 6.79. The minimum atomic E-state index is -0.496. The van der Waals surface area contributed by atoms with Crippen LogP contribution in [0.5, 0.6) is 0 Å². The van der Waals surface area contributed by atoms with Crippen LogP contribution < -0.4 is 10.2 Å². The van der Waals surface area contributed by atoms with E-state index in [-0.39, 0.29) is 29.2 Å². The lowest BCUT2D eigenvalue weighted by Gasteiger charge is -2.19. The molecule has 4 rings (SSSR count). The van der Waals surface area contributed by atoms with Gasteiger partial charge in [0.25, 0.3) is 5.91 Å². The van der Waals surface area contributed by atoms with E-state index in [1.807, 2.05) is 44.2 Å². The number of benzene rings is 3. The number of thioether (sulfide) groups is 1. The van der Waals surface area contributed by atoms with Gasteiger partial charge in [-0.3, -0.25) is 14.4 Å². The van der Waals surface area contributed by atoms with Crippen molar-refractivity contribution in [2.45, 2.75) is 30.4 Å². The third-order valence-electron chi connectivity index (χ3n) is 5.33. The van der Waals surface area contributed by atoms with Gasteiger partial charge in [-0.15, -0.1) is 11.8 Å². The summed E-state index contributed by atoms with van der Waals surface area (Å²) in [5.41, 5.74) is 3.36. The first-order chi connectivity index (χ1) is 15.7. The van der Waals surface area contributed by atoms with Gasteiger partial charge in [0, 0.05) is 22.0 Å². The van der Waals surface area contributed by atoms with E-state index < -0.39 is 5.25 Å². The second-order valence-electron chi connectivity index (χ2n) is 7.72. The molecule has 8 heteroatoms. The number of rotatable bonds is 5. The molecular weight excluding hydrogens is 479 g/mol. The van der Waals surface area contributed by atoms with E-state index in [1.165, 1.54) is 22.7 Å². The number of nitrogens with one attached hydrogen (secondary N) is 1. The number of nitrogens with zero attached hydrogens (tertiary/aromatic N) is 1. The maximum absolute atomic E-state index is 13.1. The van der Waals surface area contributed by atoms with E-state index in [0.717, 1.165) is 16.0 Å². The van der Waals surface area contributed by atoms with Crippen LogP contribution in [-0.4, -0.2) is 23.0 Å². The van der Waals surface area contributed by atoms with Crippen LogP contribution in [0.3, 0.4) is 0 Å². The number of anilines is 2. The largest absolute Gasteiger partial charge is 0.322 e. The Hall–Kier alpha value is -2.80. The lowest BCUT2D eigenvalue weighted by atomic mass is 10.1. The van der Waals surface area contributed by atoms with Gasteiger partial charge in [0.2, 0.25) is 11.8 Å². The van der Waals surface area contributed by atoms with Gasteiger partial charge in [0.05, 0.1) is 21.5 Å². The molecule has 3 aromatic rings. The fraction of sp³-hybridized carbons (Fsp3) is 0.160. The summed E-state index contributed by atoms with van der Waals surface area (Å²) in [6.45, 7) is 3.79. The molecule has 168 valence electrons. The summed E-state index contributed by atoms with van der Waals surface area (Å²) in [6, 6.07) is 17.5. The maximum Gasteiger partial charge on any atom is 0.257 e. The molecule has 0 aliphatic carbocycles. The molecule has 1 aliphatic rings. The molecule has 0 spiro atoms. The highest BCUT2D eigenvalue weighted by Gasteiger charge is 2.41. The minimum absolute atomic E-state index is 0.144. The standard InChI is InChI=1S/C25H20Cl2N2O3S/c1-14-4-3-5-15(2)23(14)29-22(30)13-21(25(29)32)33-18-9-7-17(8-10-18)28-24(31)19-11-6-16(26)12-20(19)27/h3-12,21H,13H2,1-2H3,(H,28,31). The molecule has 0 radical (unpaired) electrons. The lowest BCUT2D eigenvalue weighted by Crippen LogP contribution is -2.32. The summed E-state index contributed by atoms with van der Waals surface area (Å²) in [5, 5.41) is 3.02. The van der Waals surface area contributed by atoms with Gasteiger partial charge in [0.15, 0.2) is 0 Å². The van der Waals surface area contributed by atoms with E-state index in [9.17, 15) is 14.4 Å². The first kappa shape index (κ1) is 23.4. The summed E-state index contributed by atoms with van der Waals surface area (Å²) in [5.74, 6) is -0.756. The molecule has 3 amide bonds. The van der Waals surface area contributed by atoms with Crippen LogP contribution in [-0.2, 0) is 9.59 Å². The SMILES string of the molecule is Cc1cccc(C)c1N1C(=O)CC(Sc2ccc(NC(=O)c3ccc(Cl)cc3Cl)cc2)C1=O. The summed E-state index contributed by atoms with van der Waals surface area (Å²) in [4.78, 5) is 40.4. The number of carbonyl (C=O) groups excluding carboxylic acids is 3. The molecule has 0 bridgehead atoms. The Balaban J connectivity index is 1.44. The van der Waals surface area contributed by atoms with Crippen LogP contribution in [0, 0.1) is 13.8 Å². The van der Waals surface area contributed by atoms with E-state index in [1.54, 1.807) is 24.3 Å². The first-order valence-electron chi connectivity index (χ1n) is 10.2. The Morgan fingerprint density at radius 2 is 1.67 bits per heavy atom.